The summed E-state index contributed by atoms with van der Waals surface area (Å²) in [5, 5.41) is 0. The summed E-state index contributed by atoms with van der Waals surface area (Å²) in [7, 11) is 0.524. The SMILES string of the molecule is CC(C)c1ccccc1C(C)[Si]OC(C)(C)C. The van der Waals surface area contributed by atoms with Gasteiger partial charge in [0, 0.05) is 5.60 Å². The Bertz CT molecular complexity index is 352. The van der Waals surface area contributed by atoms with Gasteiger partial charge < -0.3 is 4.43 Å². The van der Waals surface area contributed by atoms with Crippen LogP contribution in [0, 0.1) is 0 Å². The first-order chi connectivity index (χ1) is 7.81. The van der Waals surface area contributed by atoms with Crippen molar-refractivity contribution in [3.63, 3.8) is 0 Å². The number of benzene rings is 1. The molecule has 1 rings (SSSR count). The van der Waals surface area contributed by atoms with Gasteiger partial charge in [-0.25, -0.2) is 0 Å². The molecule has 0 spiro atoms. The molecule has 0 saturated heterocycles. The lowest BCUT2D eigenvalue weighted by molar-refractivity contribution is 0.136. The molecule has 0 aliphatic carbocycles. The Labute approximate surface area is 109 Å². The van der Waals surface area contributed by atoms with Crippen molar-refractivity contribution in [2.75, 3.05) is 0 Å². The number of rotatable bonds is 4. The minimum absolute atomic E-state index is 0.0422. The topological polar surface area (TPSA) is 9.23 Å². The molecule has 1 unspecified atom stereocenters. The molecule has 0 aliphatic rings. The summed E-state index contributed by atoms with van der Waals surface area (Å²) < 4.78 is 5.91. The molecule has 0 bridgehead atoms. The van der Waals surface area contributed by atoms with Gasteiger partial charge in [-0.2, -0.15) is 0 Å². The Morgan fingerprint density at radius 3 is 2.00 bits per heavy atom. The molecule has 17 heavy (non-hydrogen) atoms. The van der Waals surface area contributed by atoms with Gasteiger partial charge in [0.1, 0.15) is 0 Å². The van der Waals surface area contributed by atoms with E-state index in [1.54, 1.807) is 0 Å². The highest BCUT2D eigenvalue weighted by atomic mass is 28.2. The van der Waals surface area contributed by atoms with Crippen LogP contribution in [0.25, 0.3) is 0 Å². The zero-order chi connectivity index (χ0) is 13.1. The third-order valence-electron chi connectivity index (χ3n) is 2.63. The maximum absolute atomic E-state index is 5.91. The fourth-order valence-corrected chi connectivity index (χ4v) is 2.68. The van der Waals surface area contributed by atoms with E-state index in [-0.39, 0.29) is 5.60 Å². The average molecular weight is 248 g/mol. The standard InChI is InChI=1S/C15H24OSi/c1-11(2)13-9-7-8-10-14(13)12(3)17-16-15(4,5)6/h7-12H,1-6H3. The van der Waals surface area contributed by atoms with E-state index in [1.807, 2.05) is 0 Å². The van der Waals surface area contributed by atoms with E-state index in [0.29, 0.717) is 21.2 Å². The summed E-state index contributed by atoms with van der Waals surface area (Å²) in [6, 6.07) is 8.72. The van der Waals surface area contributed by atoms with Crippen LogP contribution < -0.4 is 0 Å². The molecular weight excluding hydrogens is 224 g/mol. The molecule has 1 atom stereocenters. The summed E-state index contributed by atoms with van der Waals surface area (Å²) in [6.45, 7) is 13.1. The van der Waals surface area contributed by atoms with Gasteiger partial charge in [0.25, 0.3) is 0 Å². The molecule has 0 fully saturated rings. The Kier molecular flexibility index (Phi) is 4.96. The normalized spacial score (nSPS) is 14.1. The van der Waals surface area contributed by atoms with Gasteiger partial charge in [-0.3, -0.25) is 0 Å². The van der Waals surface area contributed by atoms with Gasteiger partial charge in [0.05, 0.1) is 0 Å². The highest BCUT2D eigenvalue weighted by molar-refractivity contribution is 6.30. The molecular formula is C15H24OSi. The minimum atomic E-state index is -0.0422. The molecule has 0 heterocycles. The van der Waals surface area contributed by atoms with E-state index in [9.17, 15) is 0 Å². The second kappa shape index (κ2) is 5.83. The van der Waals surface area contributed by atoms with Gasteiger partial charge in [-0.15, -0.1) is 0 Å². The Morgan fingerprint density at radius 2 is 1.53 bits per heavy atom. The van der Waals surface area contributed by atoms with Crippen molar-refractivity contribution in [1.82, 2.24) is 0 Å². The van der Waals surface area contributed by atoms with Crippen LogP contribution in [0.1, 0.15) is 64.1 Å². The van der Waals surface area contributed by atoms with E-state index in [1.165, 1.54) is 11.1 Å². The summed E-state index contributed by atoms with van der Waals surface area (Å²) in [6.07, 6.45) is 0. The molecule has 0 aromatic heterocycles. The van der Waals surface area contributed by atoms with Gasteiger partial charge >= 0.3 is 0 Å². The van der Waals surface area contributed by atoms with E-state index < -0.39 is 0 Å². The predicted octanol–water partition coefficient (Wildman–Crippen LogP) is 4.31. The Hall–Kier alpha value is -0.603. The maximum Gasteiger partial charge on any atom is 0.238 e. The molecule has 2 heteroatoms. The third kappa shape index (κ3) is 4.64. The first kappa shape index (κ1) is 14.5. The lowest BCUT2D eigenvalue weighted by Gasteiger charge is -2.23. The predicted molar refractivity (Wildman–Crippen MR) is 75.5 cm³/mol. The zero-order valence-electron chi connectivity index (χ0n) is 11.9. The molecule has 0 saturated carbocycles. The van der Waals surface area contributed by atoms with Crippen LogP contribution in [0.3, 0.4) is 0 Å². The van der Waals surface area contributed by atoms with E-state index >= 15 is 0 Å². The summed E-state index contributed by atoms with van der Waals surface area (Å²) in [5.74, 6) is 0.577. The first-order valence-corrected chi connectivity index (χ1v) is 7.32. The van der Waals surface area contributed by atoms with Crippen LogP contribution in [0.2, 0.25) is 0 Å². The second-order valence-electron chi connectivity index (χ2n) is 5.84. The van der Waals surface area contributed by atoms with Crippen molar-refractivity contribution >= 4 is 9.76 Å². The summed E-state index contributed by atoms with van der Waals surface area (Å²) in [4.78, 5) is 0. The van der Waals surface area contributed by atoms with Crippen molar-refractivity contribution < 1.29 is 4.43 Å². The van der Waals surface area contributed by atoms with Crippen molar-refractivity contribution in [3.05, 3.63) is 35.4 Å². The Balaban J connectivity index is 2.78. The van der Waals surface area contributed by atoms with Gasteiger partial charge in [-0.05, 0) is 43.4 Å². The fourth-order valence-electron chi connectivity index (χ4n) is 1.76. The molecule has 1 aromatic carbocycles. The van der Waals surface area contributed by atoms with Crippen LogP contribution in [0.5, 0.6) is 0 Å². The molecule has 1 nitrogen and oxygen atoms in total. The highest BCUT2D eigenvalue weighted by Crippen LogP contribution is 2.26. The Morgan fingerprint density at radius 1 is 1.00 bits per heavy atom. The lowest BCUT2D eigenvalue weighted by atomic mass is 9.96. The molecule has 94 valence electrons. The van der Waals surface area contributed by atoms with E-state index in [0.717, 1.165) is 0 Å². The van der Waals surface area contributed by atoms with Gasteiger partial charge in [0.15, 0.2) is 0 Å². The van der Waals surface area contributed by atoms with Crippen molar-refractivity contribution in [3.8, 4) is 0 Å². The van der Waals surface area contributed by atoms with Crippen LogP contribution >= 0.6 is 0 Å². The smallest absolute Gasteiger partial charge is 0.238 e. The van der Waals surface area contributed by atoms with Crippen molar-refractivity contribution in [1.29, 1.82) is 0 Å². The first-order valence-electron chi connectivity index (χ1n) is 6.33. The van der Waals surface area contributed by atoms with Gasteiger partial charge in [-0.1, -0.05) is 45.0 Å². The van der Waals surface area contributed by atoms with Crippen molar-refractivity contribution in [2.24, 2.45) is 0 Å². The third-order valence-corrected chi connectivity index (χ3v) is 4.02. The van der Waals surface area contributed by atoms with Crippen molar-refractivity contribution in [2.45, 2.75) is 58.6 Å². The highest BCUT2D eigenvalue weighted by Gasteiger charge is 2.18. The number of hydrogen-bond acceptors (Lipinski definition) is 1. The van der Waals surface area contributed by atoms with Crippen LogP contribution in [0.4, 0.5) is 0 Å². The largest absolute Gasteiger partial charge is 0.412 e. The van der Waals surface area contributed by atoms with E-state index in [4.69, 9.17) is 4.43 Å². The van der Waals surface area contributed by atoms with Crippen LogP contribution in [-0.2, 0) is 4.43 Å². The number of hydrogen-bond donors (Lipinski definition) is 0. The summed E-state index contributed by atoms with van der Waals surface area (Å²) >= 11 is 0. The van der Waals surface area contributed by atoms with Crippen LogP contribution in [-0.4, -0.2) is 15.4 Å². The molecule has 0 N–H and O–H groups in total. The zero-order valence-corrected chi connectivity index (χ0v) is 12.9. The van der Waals surface area contributed by atoms with Crippen LogP contribution in [0.15, 0.2) is 24.3 Å². The monoisotopic (exact) mass is 248 g/mol. The molecule has 0 aliphatic heterocycles. The second-order valence-corrected chi connectivity index (χ2v) is 7.14. The molecule has 2 radical (unpaired) electrons. The van der Waals surface area contributed by atoms with Gasteiger partial charge in [0.2, 0.25) is 9.76 Å². The van der Waals surface area contributed by atoms with E-state index in [2.05, 4.69) is 65.8 Å². The summed E-state index contributed by atoms with van der Waals surface area (Å²) in [5.41, 5.74) is 3.32. The fraction of sp³-hybridized carbons (Fsp3) is 0.600. The molecule has 0 amide bonds. The minimum Gasteiger partial charge on any atom is -0.412 e. The maximum atomic E-state index is 5.91. The quantitative estimate of drug-likeness (QED) is 0.722. The lowest BCUT2D eigenvalue weighted by Crippen LogP contribution is -2.25. The average Bonchev–Trinajstić information content (AvgIpc) is 2.25. The molecule has 1 aromatic rings.